The molecule has 2 rings (SSSR count). The minimum Gasteiger partial charge on any atom is -0.312 e. The van der Waals surface area contributed by atoms with E-state index < -0.39 is 16.7 Å². The van der Waals surface area contributed by atoms with Crippen LogP contribution < -0.4 is 0 Å². The van der Waals surface area contributed by atoms with Gasteiger partial charge in [-0.15, -0.1) is 23.2 Å². The fourth-order valence-corrected chi connectivity index (χ4v) is 2.64. The molecule has 1 aromatic rings. The molecule has 0 bridgehead atoms. The van der Waals surface area contributed by atoms with Gasteiger partial charge in [0.05, 0.1) is 5.56 Å². The fraction of sp³-hybridized carbons (Fsp3) is 0.267. The average Bonchev–Trinajstić information content (AvgIpc) is 2.51. The quantitative estimate of drug-likeness (QED) is 0.455. The molecule has 0 spiro atoms. The highest BCUT2D eigenvalue weighted by Crippen LogP contribution is 2.28. The van der Waals surface area contributed by atoms with Crippen LogP contribution in [0.5, 0.6) is 0 Å². The van der Waals surface area contributed by atoms with Crippen LogP contribution in [0.3, 0.4) is 0 Å². The second-order valence-electron chi connectivity index (χ2n) is 4.78. The Morgan fingerprint density at radius 3 is 2.27 bits per heavy atom. The molecule has 0 radical (unpaired) electrons. The van der Waals surface area contributed by atoms with Crippen LogP contribution in [0.1, 0.15) is 24.2 Å². The van der Waals surface area contributed by atoms with Crippen molar-refractivity contribution in [2.24, 2.45) is 5.16 Å². The normalized spacial score (nSPS) is 23.9. The highest BCUT2D eigenvalue weighted by molar-refractivity contribution is 6.49. The number of benzene rings is 1. The number of carbonyl (C=O) groups is 2. The van der Waals surface area contributed by atoms with Gasteiger partial charge in [-0.25, -0.2) is 4.79 Å². The molecule has 0 N–H and O–H groups in total. The third kappa shape index (κ3) is 3.35. The molecule has 1 aromatic carbocycles. The van der Waals surface area contributed by atoms with Gasteiger partial charge < -0.3 is 4.84 Å². The summed E-state index contributed by atoms with van der Waals surface area (Å²) in [5, 5.41) is 2.51. The van der Waals surface area contributed by atoms with Crippen LogP contribution >= 0.6 is 34.8 Å². The number of Topliss-reactive ketones (excluding diaryl/α,β-unsaturated/α-hetero) is 1. The van der Waals surface area contributed by atoms with Crippen LogP contribution in [0.25, 0.3) is 0 Å². The fourth-order valence-electron chi connectivity index (χ4n) is 1.91. The maximum Gasteiger partial charge on any atom is 0.365 e. The van der Waals surface area contributed by atoms with Gasteiger partial charge in [-0.1, -0.05) is 16.8 Å². The topological polar surface area (TPSA) is 55.7 Å². The maximum absolute atomic E-state index is 11.9. The maximum atomic E-state index is 11.9. The van der Waals surface area contributed by atoms with Crippen LogP contribution in [0, 0.1) is 0 Å². The summed E-state index contributed by atoms with van der Waals surface area (Å²) < 4.78 is 0. The summed E-state index contributed by atoms with van der Waals surface area (Å²) in [7, 11) is 0. The largest absolute Gasteiger partial charge is 0.365 e. The number of hydrogen-bond acceptors (Lipinski definition) is 4. The lowest BCUT2D eigenvalue weighted by Gasteiger charge is -2.24. The number of oxime groups is 1. The van der Waals surface area contributed by atoms with Crippen molar-refractivity contribution in [2.75, 3.05) is 0 Å². The predicted molar refractivity (Wildman–Crippen MR) is 87.0 cm³/mol. The number of ketones is 1. The van der Waals surface area contributed by atoms with Crippen molar-refractivity contribution < 1.29 is 14.4 Å². The van der Waals surface area contributed by atoms with Gasteiger partial charge in [-0.2, -0.15) is 0 Å². The summed E-state index contributed by atoms with van der Waals surface area (Å²) in [5.41, 5.74) is 1.60. The minimum atomic E-state index is -0.932. The SMILES string of the molecule is CC1=C(C)C(=NOC(=O)c2ccc(Cl)cc2)C(Cl)C(Cl)C1=O. The van der Waals surface area contributed by atoms with Crippen molar-refractivity contribution in [1.82, 2.24) is 0 Å². The Kier molecular flexibility index (Phi) is 5.27. The van der Waals surface area contributed by atoms with E-state index in [-0.39, 0.29) is 11.5 Å². The van der Waals surface area contributed by atoms with E-state index in [9.17, 15) is 9.59 Å². The molecule has 2 unspecified atom stereocenters. The zero-order chi connectivity index (χ0) is 16.4. The lowest BCUT2D eigenvalue weighted by atomic mass is 9.90. The molecule has 7 heteroatoms. The van der Waals surface area contributed by atoms with Gasteiger partial charge in [0.15, 0.2) is 5.78 Å². The highest BCUT2D eigenvalue weighted by atomic mass is 35.5. The molecule has 22 heavy (non-hydrogen) atoms. The molecule has 2 atom stereocenters. The Morgan fingerprint density at radius 1 is 1.09 bits per heavy atom. The third-order valence-corrected chi connectivity index (χ3v) is 4.68. The van der Waals surface area contributed by atoms with Crippen molar-refractivity contribution in [3.8, 4) is 0 Å². The molecule has 0 fully saturated rings. The van der Waals surface area contributed by atoms with Crippen LogP contribution in [0.15, 0.2) is 40.6 Å². The molecule has 0 heterocycles. The Bertz CT molecular complexity index is 680. The summed E-state index contributed by atoms with van der Waals surface area (Å²) in [5.74, 6) is -0.899. The van der Waals surface area contributed by atoms with Gasteiger partial charge in [0.25, 0.3) is 0 Å². The first-order valence-electron chi connectivity index (χ1n) is 6.38. The van der Waals surface area contributed by atoms with Gasteiger partial charge in [0.2, 0.25) is 0 Å². The molecule has 116 valence electrons. The van der Waals surface area contributed by atoms with Gasteiger partial charge in [0.1, 0.15) is 16.5 Å². The van der Waals surface area contributed by atoms with Gasteiger partial charge in [0, 0.05) is 5.02 Å². The Balaban J connectivity index is 2.23. The molecular weight excluding hydrogens is 349 g/mol. The molecule has 0 saturated heterocycles. The summed E-state index contributed by atoms with van der Waals surface area (Å²) in [6.45, 7) is 3.31. The van der Waals surface area contributed by atoms with Crippen molar-refractivity contribution in [3.05, 3.63) is 46.0 Å². The van der Waals surface area contributed by atoms with Crippen molar-refractivity contribution in [2.45, 2.75) is 24.6 Å². The second kappa shape index (κ2) is 6.82. The van der Waals surface area contributed by atoms with Crippen LogP contribution in [-0.2, 0) is 9.63 Å². The summed E-state index contributed by atoms with van der Waals surface area (Å²) in [6, 6.07) is 6.18. The lowest BCUT2D eigenvalue weighted by Crippen LogP contribution is -2.38. The average molecular weight is 361 g/mol. The standard InChI is InChI=1S/C15H12Cl3NO3/c1-7-8(2)14(20)12(18)11(17)13(7)19-22-15(21)9-3-5-10(16)6-4-9/h3-6,11-12H,1-2H3. The summed E-state index contributed by atoms with van der Waals surface area (Å²) in [6.07, 6.45) is 0. The summed E-state index contributed by atoms with van der Waals surface area (Å²) in [4.78, 5) is 28.6. The Hall–Kier alpha value is -1.36. The zero-order valence-electron chi connectivity index (χ0n) is 11.8. The molecule has 0 saturated carbocycles. The minimum absolute atomic E-state index is 0.248. The summed E-state index contributed by atoms with van der Waals surface area (Å²) >= 11 is 17.8. The monoisotopic (exact) mass is 359 g/mol. The lowest BCUT2D eigenvalue weighted by molar-refractivity contribution is -0.115. The second-order valence-corrected chi connectivity index (χ2v) is 6.16. The van der Waals surface area contributed by atoms with E-state index in [1.807, 2.05) is 0 Å². The highest BCUT2D eigenvalue weighted by Gasteiger charge is 2.37. The molecule has 1 aliphatic carbocycles. The number of carbonyl (C=O) groups excluding carboxylic acids is 2. The van der Waals surface area contributed by atoms with E-state index in [0.29, 0.717) is 21.7 Å². The molecule has 0 aliphatic heterocycles. The molecule has 0 amide bonds. The molecule has 4 nitrogen and oxygen atoms in total. The number of allylic oxidation sites excluding steroid dienone is 2. The number of nitrogens with zero attached hydrogens (tertiary/aromatic N) is 1. The van der Waals surface area contributed by atoms with Gasteiger partial charge >= 0.3 is 5.97 Å². The van der Waals surface area contributed by atoms with E-state index in [1.54, 1.807) is 26.0 Å². The molecule has 0 aromatic heterocycles. The third-order valence-electron chi connectivity index (χ3n) is 3.39. The number of halogens is 3. The van der Waals surface area contributed by atoms with Crippen LogP contribution in [0.2, 0.25) is 5.02 Å². The van der Waals surface area contributed by atoms with E-state index in [0.717, 1.165) is 0 Å². The van der Waals surface area contributed by atoms with E-state index in [1.165, 1.54) is 12.1 Å². The van der Waals surface area contributed by atoms with Crippen LogP contribution in [0.4, 0.5) is 0 Å². The first-order valence-corrected chi connectivity index (χ1v) is 7.63. The van der Waals surface area contributed by atoms with E-state index >= 15 is 0 Å². The number of hydrogen-bond donors (Lipinski definition) is 0. The molecular formula is C15H12Cl3NO3. The molecule has 1 aliphatic rings. The van der Waals surface area contributed by atoms with Crippen molar-refractivity contribution in [3.63, 3.8) is 0 Å². The number of alkyl halides is 2. The first kappa shape index (κ1) is 17.0. The Morgan fingerprint density at radius 2 is 1.68 bits per heavy atom. The number of rotatable bonds is 2. The van der Waals surface area contributed by atoms with Crippen molar-refractivity contribution in [1.29, 1.82) is 0 Å². The van der Waals surface area contributed by atoms with Crippen molar-refractivity contribution >= 4 is 52.3 Å². The zero-order valence-corrected chi connectivity index (χ0v) is 14.0. The van der Waals surface area contributed by atoms with Gasteiger partial charge in [-0.3, -0.25) is 4.79 Å². The van der Waals surface area contributed by atoms with Crippen LogP contribution in [-0.4, -0.2) is 28.2 Å². The predicted octanol–water partition coefficient (Wildman–Crippen LogP) is 3.99. The first-order chi connectivity index (χ1) is 10.3. The Labute approximate surface area is 142 Å². The van der Waals surface area contributed by atoms with E-state index in [2.05, 4.69) is 5.16 Å². The smallest absolute Gasteiger partial charge is 0.312 e. The van der Waals surface area contributed by atoms with E-state index in [4.69, 9.17) is 39.6 Å². The van der Waals surface area contributed by atoms with Gasteiger partial charge in [-0.05, 0) is 49.3 Å².